The molecule has 7 nitrogen and oxygen atoms in total. The molecule has 0 atom stereocenters. The maximum absolute atomic E-state index is 12.1. The number of hydrogen-bond acceptors (Lipinski definition) is 3. The topological polar surface area (TPSA) is 83.3 Å². The van der Waals surface area contributed by atoms with Crippen LogP contribution in [0.3, 0.4) is 0 Å². The van der Waals surface area contributed by atoms with E-state index in [9.17, 15) is 4.79 Å². The number of amides is 1. The highest BCUT2D eigenvalue weighted by atomic mass is 16.1. The van der Waals surface area contributed by atoms with E-state index < -0.39 is 0 Å². The quantitative estimate of drug-likeness (QED) is 0.365. The molecule has 0 fully saturated rings. The minimum absolute atomic E-state index is 0.0742. The van der Waals surface area contributed by atoms with Crippen molar-refractivity contribution in [2.24, 2.45) is 4.99 Å². The molecule has 0 unspecified atom stereocenters. The minimum atomic E-state index is -0.132. The van der Waals surface area contributed by atoms with Gasteiger partial charge in [-0.2, -0.15) is 5.10 Å². The Labute approximate surface area is 154 Å². The Kier molecular flexibility index (Phi) is 8.18. The molecule has 1 aromatic carbocycles. The van der Waals surface area contributed by atoms with Crippen LogP contribution in [0.2, 0.25) is 0 Å². The second-order valence-electron chi connectivity index (χ2n) is 5.85. The van der Waals surface area contributed by atoms with Crippen LogP contribution in [0.15, 0.2) is 47.7 Å². The van der Waals surface area contributed by atoms with Gasteiger partial charge in [0, 0.05) is 37.7 Å². The molecule has 7 heteroatoms. The number of nitrogens with zero attached hydrogens (tertiary/aromatic N) is 3. The summed E-state index contributed by atoms with van der Waals surface area (Å²) in [5, 5.41) is 13.4. The molecule has 3 N–H and O–H groups in total. The Morgan fingerprint density at radius 1 is 1.23 bits per heavy atom. The molecule has 0 radical (unpaired) electrons. The molecule has 1 amide bonds. The van der Waals surface area contributed by atoms with Crippen LogP contribution >= 0.6 is 0 Å². The largest absolute Gasteiger partial charge is 0.357 e. The Hall–Kier alpha value is -2.83. The number of aromatic nitrogens is 2. The van der Waals surface area contributed by atoms with Crippen LogP contribution in [-0.2, 0) is 17.8 Å². The predicted molar refractivity (Wildman–Crippen MR) is 105 cm³/mol. The highest BCUT2D eigenvalue weighted by Gasteiger charge is 2.04. The zero-order valence-electron chi connectivity index (χ0n) is 15.5. The van der Waals surface area contributed by atoms with E-state index in [-0.39, 0.29) is 12.5 Å². The van der Waals surface area contributed by atoms with Crippen molar-refractivity contribution >= 4 is 17.6 Å². The van der Waals surface area contributed by atoms with E-state index in [1.165, 1.54) is 5.56 Å². The molecule has 1 heterocycles. The van der Waals surface area contributed by atoms with Gasteiger partial charge in [-0.15, -0.1) is 0 Å². The lowest BCUT2D eigenvalue weighted by Gasteiger charge is -2.11. The average molecular weight is 356 g/mol. The maximum Gasteiger partial charge on any atom is 0.246 e. The summed E-state index contributed by atoms with van der Waals surface area (Å²) in [6.45, 7) is 6.50. The lowest BCUT2D eigenvalue weighted by atomic mass is 10.1. The van der Waals surface area contributed by atoms with Gasteiger partial charge >= 0.3 is 0 Å². The summed E-state index contributed by atoms with van der Waals surface area (Å²) < 4.78 is 1.89. The first-order chi connectivity index (χ1) is 12.7. The van der Waals surface area contributed by atoms with Crippen LogP contribution in [0.5, 0.6) is 0 Å². The summed E-state index contributed by atoms with van der Waals surface area (Å²) in [4.78, 5) is 16.5. The molecule has 0 saturated heterocycles. The Bertz CT molecular complexity index is 696. The summed E-state index contributed by atoms with van der Waals surface area (Å²) in [5.41, 5.74) is 2.00. The molecule has 2 rings (SSSR count). The summed E-state index contributed by atoms with van der Waals surface area (Å²) in [7, 11) is 0. The first kappa shape index (κ1) is 19.5. The molecule has 0 bridgehead atoms. The first-order valence-corrected chi connectivity index (χ1v) is 9.09. The van der Waals surface area contributed by atoms with Crippen molar-refractivity contribution < 1.29 is 4.79 Å². The molecule has 140 valence electrons. The number of guanidine groups is 1. The SMILES string of the molecule is CCNC(=NCC(=O)Nc1cccc(CC)c1)NCCCn1cccn1. The molecule has 0 saturated carbocycles. The number of anilines is 1. The number of nitrogens with one attached hydrogen (secondary N) is 3. The van der Waals surface area contributed by atoms with Gasteiger partial charge in [-0.25, -0.2) is 4.99 Å². The fourth-order valence-electron chi connectivity index (χ4n) is 2.44. The predicted octanol–water partition coefficient (Wildman–Crippen LogP) is 2.03. The molecule has 26 heavy (non-hydrogen) atoms. The van der Waals surface area contributed by atoms with E-state index in [0.29, 0.717) is 5.96 Å². The second kappa shape index (κ2) is 10.9. The van der Waals surface area contributed by atoms with E-state index in [2.05, 4.69) is 33.0 Å². The number of carbonyl (C=O) groups is 1. The van der Waals surface area contributed by atoms with E-state index >= 15 is 0 Å². The van der Waals surface area contributed by atoms with E-state index in [4.69, 9.17) is 0 Å². The van der Waals surface area contributed by atoms with E-state index in [0.717, 1.165) is 38.2 Å². The van der Waals surface area contributed by atoms with Gasteiger partial charge in [0.15, 0.2) is 5.96 Å². The fourth-order valence-corrected chi connectivity index (χ4v) is 2.44. The maximum atomic E-state index is 12.1. The standard InChI is InChI=1S/C19H28N6O/c1-3-16-8-5-9-17(14-16)24-18(26)15-22-19(20-4-2)21-10-6-12-25-13-7-11-23-25/h5,7-9,11,13-14H,3-4,6,10,12,15H2,1-2H3,(H,24,26)(H2,20,21,22). The number of aliphatic imine (C=N–C) groups is 1. The Morgan fingerprint density at radius 3 is 2.85 bits per heavy atom. The van der Waals surface area contributed by atoms with Crippen molar-refractivity contribution in [3.8, 4) is 0 Å². The minimum Gasteiger partial charge on any atom is -0.357 e. The van der Waals surface area contributed by atoms with Gasteiger partial charge < -0.3 is 16.0 Å². The summed E-state index contributed by atoms with van der Waals surface area (Å²) in [5.74, 6) is 0.512. The van der Waals surface area contributed by atoms with Gasteiger partial charge in [0.1, 0.15) is 6.54 Å². The third kappa shape index (κ3) is 6.96. The van der Waals surface area contributed by atoms with Crippen LogP contribution in [0.1, 0.15) is 25.8 Å². The van der Waals surface area contributed by atoms with Crippen LogP contribution in [0, 0.1) is 0 Å². The highest BCUT2D eigenvalue weighted by molar-refractivity contribution is 5.94. The van der Waals surface area contributed by atoms with E-state index in [1.807, 2.05) is 48.1 Å². The highest BCUT2D eigenvalue weighted by Crippen LogP contribution is 2.10. The molecular weight excluding hydrogens is 328 g/mol. The molecule has 0 aliphatic rings. The molecule has 2 aromatic rings. The molecular formula is C19H28N6O. The van der Waals surface area contributed by atoms with Gasteiger partial charge in [-0.3, -0.25) is 9.48 Å². The zero-order chi connectivity index (χ0) is 18.6. The van der Waals surface area contributed by atoms with Crippen LogP contribution in [0.25, 0.3) is 0 Å². The molecule has 0 aliphatic heterocycles. The number of rotatable bonds is 9. The van der Waals surface area contributed by atoms with Crippen molar-refractivity contribution in [1.29, 1.82) is 0 Å². The van der Waals surface area contributed by atoms with Gasteiger partial charge in [-0.05, 0) is 43.5 Å². The third-order valence-electron chi connectivity index (χ3n) is 3.76. The van der Waals surface area contributed by atoms with Crippen molar-refractivity contribution in [2.75, 3.05) is 25.0 Å². The van der Waals surface area contributed by atoms with Gasteiger partial charge in [-0.1, -0.05) is 19.1 Å². The van der Waals surface area contributed by atoms with Crippen molar-refractivity contribution in [1.82, 2.24) is 20.4 Å². The summed E-state index contributed by atoms with van der Waals surface area (Å²) in [6.07, 6.45) is 5.57. The lowest BCUT2D eigenvalue weighted by Crippen LogP contribution is -2.38. The van der Waals surface area contributed by atoms with Crippen molar-refractivity contribution in [2.45, 2.75) is 33.2 Å². The molecule has 1 aromatic heterocycles. The Morgan fingerprint density at radius 2 is 2.12 bits per heavy atom. The average Bonchev–Trinajstić information content (AvgIpc) is 3.16. The number of benzene rings is 1. The molecule has 0 spiro atoms. The first-order valence-electron chi connectivity index (χ1n) is 9.09. The van der Waals surface area contributed by atoms with Gasteiger partial charge in [0.2, 0.25) is 5.91 Å². The van der Waals surface area contributed by atoms with Gasteiger partial charge in [0.05, 0.1) is 0 Å². The zero-order valence-corrected chi connectivity index (χ0v) is 15.5. The van der Waals surface area contributed by atoms with Crippen molar-refractivity contribution in [3.63, 3.8) is 0 Å². The Balaban J connectivity index is 1.77. The molecule has 0 aliphatic carbocycles. The normalized spacial score (nSPS) is 11.2. The third-order valence-corrected chi connectivity index (χ3v) is 3.76. The monoisotopic (exact) mass is 356 g/mol. The number of hydrogen-bond donors (Lipinski definition) is 3. The second-order valence-corrected chi connectivity index (χ2v) is 5.85. The van der Waals surface area contributed by atoms with Crippen LogP contribution in [0.4, 0.5) is 5.69 Å². The lowest BCUT2D eigenvalue weighted by molar-refractivity contribution is -0.114. The summed E-state index contributed by atoms with van der Waals surface area (Å²) in [6, 6.07) is 9.78. The number of aryl methyl sites for hydroxylation is 2. The smallest absolute Gasteiger partial charge is 0.246 e. The van der Waals surface area contributed by atoms with Gasteiger partial charge in [0.25, 0.3) is 0 Å². The van der Waals surface area contributed by atoms with Crippen molar-refractivity contribution in [3.05, 3.63) is 48.3 Å². The van der Waals surface area contributed by atoms with Crippen LogP contribution < -0.4 is 16.0 Å². The fraction of sp³-hybridized carbons (Fsp3) is 0.421. The van der Waals surface area contributed by atoms with E-state index in [1.54, 1.807) is 6.20 Å². The summed E-state index contributed by atoms with van der Waals surface area (Å²) >= 11 is 0. The number of carbonyl (C=O) groups excluding carboxylic acids is 1. The van der Waals surface area contributed by atoms with Crippen LogP contribution in [-0.4, -0.2) is 41.3 Å².